The highest BCUT2D eigenvalue weighted by atomic mass is 16.5. The Bertz CT molecular complexity index is 416. The molecule has 96 valence electrons. The summed E-state index contributed by atoms with van der Waals surface area (Å²) in [5.74, 6) is 0.0849. The molecule has 1 aromatic rings. The van der Waals surface area contributed by atoms with Crippen molar-refractivity contribution in [2.75, 3.05) is 18.5 Å². The third-order valence-corrected chi connectivity index (χ3v) is 3.59. The first-order chi connectivity index (χ1) is 8.83. The minimum atomic E-state index is -0.135. The van der Waals surface area contributed by atoms with Crippen LogP contribution in [0.25, 0.3) is 0 Å². The number of anilines is 1. The summed E-state index contributed by atoms with van der Waals surface area (Å²) < 4.78 is 5.37. The molecule has 2 aliphatic heterocycles. The molecule has 18 heavy (non-hydrogen) atoms. The van der Waals surface area contributed by atoms with Gasteiger partial charge in [-0.25, -0.2) is 0 Å². The van der Waals surface area contributed by atoms with Gasteiger partial charge in [-0.15, -0.1) is 0 Å². The van der Waals surface area contributed by atoms with E-state index < -0.39 is 0 Å². The van der Waals surface area contributed by atoms with Gasteiger partial charge in [-0.3, -0.25) is 4.79 Å². The van der Waals surface area contributed by atoms with Crippen LogP contribution in [-0.2, 0) is 16.0 Å². The zero-order valence-corrected chi connectivity index (χ0v) is 10.3. The molecule has 0 saturated carbocycles. The van der Waals surface area contributed by atoms with Crippen LogP contribution in [0.4, 0.5) is 5.69 Å². The summed E-state index contributed by atoms with van der Waals surface area (Å²) in [5, 5.41) is 6.34. The van der Waals surface area contributed by atoms with E-state index in [1.165, 1.54) is 5.56 Å². The Balaban J connectivity index is 1.58. The molecule has 0 radical (unpaired) electrons. The van der Waals surface area contributed by atoms with Gasteiger partial charge < -0.3 is 15.4 Å². The molecule has 0 bridgehead atoms. The number of amides is 1. The molecule has 1 aromatic carbocycles. The Hall–Kier alpha value is -1.55. The highest BCUT2D eigenvalue weighted by Crippen LogP contribution is 2.25. The Morgan fingerprint density at radius 1 is 1.39 bits per heavy atom. The molecule has 1 saturated heterocycles. The first-order valence-electron chi connectivity index (χ1n) is 6.55. The quantitative estimate of drug-likeness (QED) is 0.827. The number of carbonyl (C=O) groups excluding carboxylic acids is 1. The number of rotatable bonds is 2. The standard InChI is InChI=1S/C14H18N2O2/c17-14(15-11-5-3-7-18-9-11)13-8-10-4-1-2-6-12(10)16-13/h1-2,4,6,11,13,16H,3,5,7-9H2,(H,15,17)/t11?,13-/m0/s1. The van der Waals surface area contributed by atoms with Crippen molar-refractivity contribution in [2.45, 2.75) is 31.3 Å². The fourth-order valence-corrected chi connectivity index (χ4v) is 2.61. The van der Waals surface area contributed by atoms with Crippen LogP contribution >= 0.6 is 0 Å². The second kappa shape index (κ2) is 4.98. The number of hydrogen-bond donors (Lipinski definition) is 2. The van der Waals surface area contributed by atoms with Gasteiger partial charge in [0.2, 0.25) is 5.91 Å². The van der Waals surface area contributed by atoms with E-state index in [0.717, 1.165) is 31.6 Å². The van der Waals surface area contributed by atoms with Crippen LogP contribution in [0.15, 0.2) is 24.3 Å². The lowest BCUT2D eigenvalue weighted by Gasteiger charge is -2.24. The van der Waals surface area contributed by atoms with Gasteiger partial charge in [0.1, 0.15) is 6.04 Å². The number of benzene rings is 1. The molecular weight excluding hydrogens is 228 g/mol. The van der Waals surface area contributed by atoms with E-state index in [2.05, 4.69) is 16.7 Å². The predicted octanol–water partition coefficient (Wildman–Crippen LogP) is 1.32. The van der Waals surface area contributed by atoms with Gasteiger partial charge in [0, 0.05) is 18.7 Å². The smallest absolute Gasteiger partial charge is 0.243 e. The van der Waals surface area contributed by atoms with E-state index in [-0.39, 0.29) is 18.0 Å². The third-order valence-electron chi connectivity index (χ3n) is 3.59. The SMILES string of the molecule is O=C(NC1CCCOC1)[C@@H]1Cc2ccccc2N1. The van der Waals surface area contributed by atoms with E-state index in [9.17, 15) is 4.79 Å². The minimum absolute atomic E-state index is 0.0849. The van der Waals surface area contributed by atoms with Crippen molar-refractivity contribution in [3.05, 3.63) is 29.8 Å². The summed E-state index contributed by atoms with van der Waals surface area (Å²) in [4.78, 5) is 12.2. The van der Waals surface area contributed by atoms with Crippen molar-refractivity contribution in [1.82, 2.24) is 5.32 Å². The zero-order valence-electron chi connectivity index (χ0n) is 10.3. The van der Waals surface area contributed by atoms with Crippen LogP contribution in [0.5, 0.6) is 0 Å². The third kappa shape index (κ3) is 2.34. The van der Waals surface area contributed by atoms with Crippen molar-refractivity contribution < 1.29 is 9.53 Å². The summed E-state index contributed by atoms with van der Waals surface area (Å²) >= 11 is 0. The van der Waals surface area contributed by atoms with Crippen LogP contribution in [0, 0.1) is 0 Å². The molecular formula is C14H18N2O2. The molecule has 4 nitrogen and oxygen atoms in total. The fourth-order valence-electron chi connectivity index (χ4n) is 2.61. The second-order valence-corrected chi connectivity index (χ2v) is 4.98. The molecule has 2 atom stereocenters. The number of fused-ring (bicyclic) bond motifs is 1. The first-order valence-corrected chi connectivity index (χ1v) is 6.55. The van der Waals surface area contributed by atoms with Crippen LogP contribution in [0.2, 0.25) is 0 Å². The predicted molar refractivity (Wildman–Crippen MR) is 69.5 cm³/mol. The molecule has 0 aliphatic carbocycles. The molecule has 3 rings (SSSR count). The van der Waals surface area contributed by atoms with E-state index in [1.807, 2.05) is 18.2 Å². The number of nitrogens with one attached hydrogen (secondary N) is 2. The Kier molecular flexibility index (Phi) is 3.19. The molecule has 1 amide bonds. The lowest BCUT2D eigenvalue weighted by atomic mass is 10.1. The summed E-state index contributed by atoms with van der Waals surface area (Å²) in [6.45, 7) is 1.46. The minimum Gasteiger partial charge on any atom is -0.379 e. The van der Waals surface area contributed by atoms with Crippen molar-refractivity contribution in [3.63, 3.8) is 0 Å². The average Bonchev–Trinajstić information content (AvgIpc) is 2.84. The molecule has 1 fully saturated rings. The normalized spacial score (nSPS) is 26.2. The van der Waals surface area contributed by atoms with Gasteiger partial charge in [0.15, 0.2) is 0 Å². The molecule has 4 heteroatoms. The van der Waals surface area contributed by atoms with E-state index in [1.54, 1.807) is 0 Å². The van der Waals surface area contributed by atoms with E-state index >= 15 is 0 Å². The molecule has 1 unspecified atom stereocenters. The molecule has 0 aromatic heterocycles. The Labute approximate surface area is 107 Å². The summed E-state index contributed by atoms with van der Waals surface area (Å²) in [7, 11) is 0. The van der Waals surface area contributed by atoms with Gasteiger partial charge in [-0.2, -0.15) is 0 Å². The zero-order chi connectivity index (χ0) is 12.4. The lowest BCUT2D eigenvalue weighted by molar-refractivity contribution is -0.123. The summed E-state index contributed by atoms with van der Waals surface area (Å²) in [6, 6.07) is 8.13. The van der Waals surface area contributed by atoms with Crippen molar-refractivity contribution >= 4 is 11.6 Å². The van der Waals surface area contributed by atoms with Gasteiger partial charge in [0.25, 0.3) is 0 Å². The van der Waals surface area contributed by atoms with Gasteiger partial charge in [-0.05, 0) is 24.5 Å². The van der Waals surface area contributed by atoms with Crippen LogP contribution in [-0.4, -0.2) is 31.2 Å². The second-order valence-electron chi connectivity index (χ2n) is 4.98. The lowest BCUT2D eigenvalue weighted by Crippen LogP contribution is -2.47. The van der Waals surface area contributed by atoms with Crippen molar-refractivity contribution in [2.24, 2.45) is 0 Å². The first kappa shape index (κ1) is 11.5. The summed E-state index contributed by atoms with van der Waals surface area (Å²) in [6.07, 6.45) is 2.82. The van der Waals surface area contributed by atoms with Crippen molar-refractivity contribution in [3.8, 4) is 0 Å². The van der Waals surface area contributed by atoms with E-state index in [4.69, 9.17) is 4.74 Å². The largest absolute Gasteiger partial charge is 0.379 e. The van der Waals surface area contributed by atoms with Crippen LogP contribution in [0.3, 0.4) is 0 Å². The van der Waals surface area contributed by atoms with Gasteiger partial charge in [0.05, 0.1) is 12.6 Å². The number of carbonyl (C=O) groups is 1. The molecule has 2 aliphatic rings. The number of hydrogen-bond acceptors (Lipinski definition) is 3. The van der Waals surface area contributed by atoms with Gasteiger partial charge >= 0.3 is 0 Å². The van der Waals surface area contributed by atoms with Crippen LogP contribution in [0.1, 0.15) is 18.4 Å². The summed E-state index contributed by atoms with van der Waals surface area (Å²) in [5.41, 5.74) is 2.30. The highest BCUT2D eigenvalue weighted by Gasteiger charge is 2.28. The maximum absolute atomic E-state index is 12.2. The molecule has 0 spiro atoms. The molecule has 2 N–H and O–H groups in total. The topological polar surface area (TPSA) is 50.4 Å². The maximum Gasteiger partial charge on any atom is 0.243 e. The Morgan fingerprint density at radius 2 is 2.28 bits per heavy atom. The Morgan fingerprint density at radius 3 is 3.06 bits per heavy atom. The number of ether oxygens (including phenoxy) is 1. The van der Waals surface area contributed by atoms with Gasteiger partial charge in [-0.1, -0.05) is 18.2 Å². The molecule has 2 heterocycles. The van der Waals surface area contributed by atoms with Crippen LogP contribution < -0.4 is 10.6 Å². The van der Waals surface area contributed by atoms with Crippen molar-refractivity contribution in [1.29, 1.82) is 0 Å². The number of para-hydroxylation sites is 1. The maximum atomic E-state index is 12.2. The fraction of sp³-hybridized carbons (Fsp3) is 0.500. The van der Waals surface area contributed by atoms with E-state index in [0.29, 0.717) is 6.61 Å². The highest BCUT2D eigenvalue weighted by molar-refractivity contribution is 5.87. The monoisotopic (exact) mass is 246 g/mol. The average molecular weight is 246 g/mol.